The molecule has 0 bridgehead atoms. The minimum atomic E-state index is -0.175. The molecule has 6 heteroatoms. The van der Waals surface area contributed by atoms with E-state index in [4.69, 9.17) is 23.2 Å². The molecule has 0 fully saturated rings. The maximum atomic E-state index is 11.9. The second-order valence-electron chi connectivity index (χ2n) is 5.74. The smallest absolute Gasteiger partial charge is 0.244 e. The standard InChI is InChI=1S/C19H17Cl2N3O/c1-13-2-6-18-23-16(12-24(18)11-13)8-9-22-19(25)7-4-14-3-5-15(20)10-17(14)21/h2-7,10-12H,8-9H2,1H3,(H,22,25)/b7-4+. The Morgan fingerprint density at radius 3 is 2.88 bits per heavy atom. The molecular weight excluding hydrogens is 357 g/mol. The topological polar surface area (TPSA) is 46.4 Å². The Bertz CT molecular complexity index is 947. The van der Waals surface area contributed by atoms with Gasteiger partial charge in [0.15, 0.2) is 0 Å². The lowest BCUT2D eigenvalue weighted by molar-refractivity contribution is -0.116. The normalized spacial score (nSPS) is 11.3. The highest BCUT2D eigenvalue weighted by atomic mass is 35.5. The number of nitrogens with one attached hydrogen (secondary N) is 1. The van der Waals surface area contributed by atoms with Gasteiger partial charge in [0, 0.05) is 41.5 Å². The molecule has 3 aromatic rings. The van der Waals surface area contributed by atoms with Crippen LogP contribution in [0.15, 0.2) is 48.8 Å². The molecule has 1 N–H and O–H groups in total. The van der Waals surface area contributed by atoms with E-state index in [2.05, 4.69) is 10.3 Å². The number of carbonyl (C=O) groups excluding carboxylic acids is 1. The van der Waals surface area contributed by atoms with Gasteiger partial charge in [-0.25, -0.2) is 4.98 Å². The molecule has 0 saturated heterocycles. The summed E-state index contributed by atoms with van der Waals surface area (Å²) >= 11 is 11.9. The van der Waals surface area contributed by atoms with Crippen LogP contribution in [0.4, 0.5) is 0 Å². The number of pyridine rings is 1. The van der Waals surface area contributed by atoms with Crippen LogP contribution in [-0.2, 0) is 11.2 Å². The average molecular weight is 374 g/mol. The monoisotopic (exact) mass is 373 g/mol. The van der Waals surface area contributed by atoms with Crippen LogP contribution in [0.25, 0.3) is 11.7 Å². The van der Waals surface area contributed by atoms with Gasteiger partial charge in [0.05, 0.1) is 5.69 Å². The first-order valence-corrected chi connectivity index (χ1v) is 8.62. The SMILES string of the molecule is Cc1ccc2nc(CCNC(=O)/C=C/c3ccc(Cl)cc3Cl)cn2c1. The molecule has 0 atom stereocenters. The fraction of sp³-hybridized carbons (Fsp3) is 0.158. The highest BCUT2D eigenvalue weighted by Crippen LogP contribution is 2.21. The van der Waals surface area contributed by atoms with Gasteiger partial charge in [0.2, 0.25) is 5.91 Å². The summed E-state index contributed by atoms with van der Waals surface area (Å²) < 4.78 is 1.99. The third-order valence-electron chi connectivity index (χ3n) is 3.71. The van der Waals surface area contributed by atoms with Gasteiger partial charge in [0.1, 0.15) is 5.65 Å². The van der Waals surface area contributed by atoms with E-state index in [1.165, 1.54) is 11.6 Å². The second-order valence-corrected chi connectivity index (χ2v) is 6.59. The van der Waals surface area contributed by atoms with Crippen molar-refractivity contribution in [2.24, 2.45) is 0 Å². The number of amides is 1. The van der Waals surface area contributed by atoms with Crippen molar-refractivity contribution in [1.29, 1.82) is 0 Å². The molecule has 0 aliphatic carbocycles. The molecule has 0 aliphatic heterocycles. The third-order valence-corrected chi connectivity index (χ3v) is 4.27. The zero-order valence-electron chi connectivity index (χ0n) is 13.7. The van der Waals surface area contributed by atoms with E-state index >= 15 is 0 Å². The molecule has 4 nitrogen and oxygen atoms in total. The van der Waals surface area contributed by atoms with Crippen molar-refractivity contribution < 1.29 is 4.79 Å². The van der Waals surface area contributed by atoms with E-state index in [0.29, 0.717) is 23.0 Å². The number of rotatable bonds is 5. The van der Waals surface area contributed by atoms with Crippen molar-refractivity contribution in [3.63, 3.8) is 0 Å². The number of carbonyl (C=O) groups is 1. The number of aryl methyl sites for hydroxylation is 1. The highest BCUT2D eigenvalue weighted by Gasteiger charge is 2.03. The number of nitrogens with zero attached hydrogens (tertiary/aromatic N) is 2. The predicted molar refractivity (Wildman–Crippen MR) is 102 cm³/mol. The van der Waals surface area contributed by atoms with E-state index in [1.807, 2.05) is 35.9 Å². The van der Waals surface area contributed by atoms with Gasteiger partial charge in [-0.05, 0) is 42.3 Å². The molecule has 3 rings (SSSR count). The molecule has 0 radical (unpaired) electrons. The number of fused-ring (bicyclic) bond motifs is 1. The summed E-state index contributed by atoms with van der Waals surface area (Å²) in [6.07, 6.45) is 7.81. The minimum absolute atomic E-state index is 0.175. The van der Waals surface area contributed by atoms with Crippen molar-refractivity contribution in [2.45, 2.75) is 13.3 Å². The predicted octanol–water partition coefficient (Wildman–Crippen LogP) is 4.32. The van der Waals surface area contributed by atoms with Crippen LogP contribution in [0.2, 0.25) is 10.0 Å². The Labute approximate surface area is 156 Å². The van der Waals surface area contributed by atoms with Crippen molar-refractivity contribution >= 4 is 40.8 Å². The molecular formula is C19H17Cl2N3O. The lowest BCUT2D eigenvalue weighted by atomic mass is 10.2. The number of aromatic nitrogens is 2. The maximum Gasteiger partial charge on any atom is 0.244 e. The van der Waals surface area contributed by atoms with E-state index in [-0.39, 0.29) is 5.91 Å². The molecule has 1 amide bonds. The molecule has 2 heterocycles. The Morgan fingerprint density at radius 2 is 2.08 bits per heavy atom. The van der Waals surface area contributed by atoms with Crippen molar-refractivity contribution in [1.82, 2.24) is 14.7 Å². The molecule has 0 spiro atoms. The van der Waals surface area contributed by atoms with Crippen molar-refractivity contribution in [3.8, 4) is 0 Å². The van der Waals surface area contributed by atoms with Gasteiger partial charge in [-0.2, -0.15) is 0 Å². The van der Waals surface area contributed by atoms with Gasteiger partial charge >= 0.3 is 0 Å². The molecule has 1 aromatic carbocycles. The van der Waals surface area contributed by atoms with Gasteiger partial charge in [0.25, 0.3) is 0 Å². The average Bonchev–Trinajstić information content (AvgIpc) is 2.95. The molecule has 0 aliphatic rings. The first kappa shape index (κ1) is 17.5. The first-order chi connectivity index (χ1) is 12.0. The number of imidazole rings is 1. The molecule has 25 heavy (non-hydrogen) atoms. The van der Waals surface area contributed by atoms with Gasteiger partial charge in [-0.15, -0.1) is 0 Å². The fourth-order valence-electron chi connectivity index (χ4n) is 2.45. The number of halogens is 2. The van der Waals surface area contributed by atoms with Gasteiger partial charge in [-0.3, -0.25) is 4.79 Å². The highest BCUT2D eigenvalue weighted by molar-refractivity contribution is 6.35. The van der Waals surface area contributed by atoms with E-state index in [9.17, 15) is 4.79 Å². The van der Waals surface area contributed by atoms with Crippen LogP contribution in [0, 0.1) is 6.92 Å². The second kappa shape index (κ2) is 7.72. The van der Waals surface area contributed by atoms with Crippen LogP contribution in [0.5, 0.6) is 0 Å². The van der Waals surface area contributed by atoms with Crippen LogP contribution in [-0.4, -0.2) is 21.8 Å². The van der Waals surface area contributed by atoms with Crippen LogP contribution in [0.1, 0.15) is 16.8 Å². The van der Waals surface area contributed by atoms with E-state index < -0.39 is 0 Å². The lowest BCUT2D eigenvalue weighted by Crippen LogP contribution is -2.23. The number of benzene rings is 1. The molecule has 128 valence electrons. The zero-order valence-corrected chi connectivity index (χ0v) is 15.2. The maximum absolute atomic E-state index is 11.9. The van der Waals surface area contributed by atoms with E-state index in [0.717, 1.165) is 16.9 Å². The van der Waals surface area contributed by atoms with Crippen LogP contribution < -0.4 is 5.32 Å². The summed E-state index contributed by atoms with van der Waals surface area (Å²) in [5, 5.41) is 3.92. The Hall–Kier alpha value is -2.30. The summed E-state index contributed by atoms with van der Waals surface area (Å²) in [5.74, 6) is -0.175. The number of hydrogen-bond donors (Lipinski definition) is 1. The molecule has 0 saturated carbocycles. The third kappa shape index (κ3) is 4.62. The first-order valence-electron chi connectivity index (χ1n) is 7.86. The Morgan fingerprint density at radius 1 is 1.24 bits per heavy atom. The molecule has 0 unspecified atom stereocenters. The Balaban J connectivity index is 1.54. The quantitative estimate of drug-likeness (QED) is 0.676. The van der Waals surface area contributed by atoms with E-state index in [1.54, 1.807) is 24.3 Å². The summed E-state index contributed by atoms with van der Waals surface area (Å²) in [6, 6.07) is 9.16. The van der Waals surface area contributed by atoms with Crippen LogP contribution in [0.3, 0.4) is 0 Å². The van der Waals surface area contributed by atoms with Crippen LogP contribution >= 0.6 is 23.2 Å². The number of hydrogen-bond acceptors (Lipinski definition) is 2. The fourth-order valence-corrected chi connectivity index (χ4v) is 2.92. The minimum Gasteiger partial charge on any atom is -0.352 e. The van der Waals surface area contributed by atoms with Crippen molar-refractivity contribution in [3.05, 3.63) is 75.7 Å². The summed E-state index contributed by atoms with van der Waals surface area (Å²) in [6.45, 7) is 2.55. The molecule has 2 aromatic heterocycles. The summed E-state index contributed by atoms with van der Waals surface area (Å²) in [5.41, 5.74) is 3.77. The Kier molecular flexibility index (Phi) is 5.41. The van der Waals surface area contributed by atoms with Gasteiger partial charge in [-0.1, -0.05) is 35.3 Å². The lowest BCUT2D eigenvalue weighted by Gasteiger charge is -2.01. The van der Waals surface area contributed by atoms with Crippen molar-refractivity contribution in [2.75, 3.05) is 6.54 Å². The van der Waals surface area contributed by atoms with Gasteiger partial charge < -0.3 is 9.72 Å². The summed E-state index contributed by atoms with van der Waals surface area (Å²) in [7, 11) is 0. The summed E-state index contributed by atoms with van der Waals surface area (Å²) in [4.78, 5) is 16.4. The zero-order chi connectivity index (χ0) is 17.8. The largest absolute Gasteiger partial charge is 0.352 e.